The number of benzene rings is 1. The number of amides is 1. The number of hydrogen-bond donors (Lipinski definition) is 2. The molecule has 106 valence electrons. The number of ether oxygens (including phenoxy) is 1. The van der Waals surface area contributed by atoms with Crippen LogP contribution in [0.5, 0.6) is 5.75 Å². The Hall–Kier alpha value is -1.07. The number of halogens is 1. The van der Waals surface area contributed by atoms with E-state index in [1.54, 1.807) is 25.3 Å². The highest BCUT2D eigenvalue weighted by Crippen LogP contribution is 2.23. The summed E-state index contributed by atoms with van der Waals surface area (Å²) in [6.07, 6.45) is 0.553. The number of aliphatic hydroxyl groups is 1. The van der Waals surface area contributed by atoms with Gasteiger partial charge in [-0.2, -0.15) is 0 Å². The molecule has 0 spiro atoms. The van der Waals surface area contributed by atoms with Crippen molar-refractivity contribution in [3.63, 3.8) is 0 Å². The van der Waals surface area contributed by atoms with Crippen LogP contribution in [-0.4, -0.2) is 30.8 Å². The molecule has 4 nitrogen and oxygen atoms in total. The van der Waals surface area contributed by atoms with Gasteiger partial charge >= 0.3 is 0 Å². The van der Waals surface area contributed by atoms with E-state index in [0.717, 1.165) is 0 Å². The van der Waals surface area contributed by atoms with Crippen LogP contribution in [0.4, 0.5) is 0 Å². The van der Waals surface area contributed by atoms with Crippen LogP contribution in [0.15, 0.2) is 22.7 Å². The Bertz CT molecular complexity index is 435. The standard InChI is InChI=1S/C14H20BrNO3/c1-9(2)13(6-7-17)16-14(18)11-5-4-10(19-3)8-12(11)15/h4-5,8-9,13,17H,6-7H2,1-3H3,(H,16,18). The molecule has 1 aromatic carbocycles. The number of carbonyl (C=O) groups excluding carboxylic acids is 1. The van der Waals surface area contributed by atoms with Crippen LogP contribution in [0.25, 0.3) is 0 Å². The van der Waals surface area contributed by atoms with Crippen molar-refractivity contribution in [2.45, 2.75) is 26.3 Å². The third-order valence-electron chi connectivity index (χ3n) is 2.98. The molecule has 0 bridgehead atoms. The summed E-state index contributed by atoms with van der Waals surface area (Å²) in [5, 5.41) is 12.0. The van der Waals surface area contributed by atoms with E-state index < -0.39 is 0 Å². The number of rotatable bonds is 6. The van der Waals surface area contributed by atoms with E-state index in [0.29, 0.717) is 22.2 Å². The molecule has 0 radical (unpaired) electrons. The van der Waals surface area contributed by atoms with Crippen molar-refractivity contribution in [2.24, 2.45) is 5.92 Å². The van der Waals surface area contributed by atoms with Crippen molar-refractivity contribution in [3.05, 3.63) is 28.2 Å². The van der Waals surface area contributed by atoms with Gasteiger partial charge < -0.3 is 15.2 Å². The fourth-order valence-electron chi connectivity index (χ4n) is 1.76. The Morgan fingerprint density at radius 1 is 1.47 bits per heavy atom. The second-order valence-corrected chi connectivity index (χ2v) is 5.54. The smallest absolute Gasteiger partial charge is 0.252 e. The van der Waals surface area contributed by atoms with Gasteiger partial charge in [0.25, 0.3) is 5.91 Å². The van der Waals surface area contributed by atoms with Gasteiger partial charge in [0.2, 0.25) is 0 Å². The van der Waals surface area contributed by atoms with Gasteiger partial charge in [-0.3, -0.25) is 4.79 Å². The second-order valence-electron chi connectivity index (χ2n) is 4.68. The first kappa shape index (κ1) is 16.0. The van der Waals surface area contributed by atoms with Crippen LogP contribution in [0.2, 0.25) is 0 Å². The van der Waals surface area contributed by atoms with Crippen LogP contribution in [0.1, 0.15) is 30.6 Å². The van der Waals surface area contributed by atoms with E-state index in [-0.39, 0.29) is 24.5 Å². The molecule has 1 aromatic rings. The molecule has 2 N–H and O–H groups in total. The average Bonchev–Trinajstić information content (AvgIpc) is 2.37. The zero-order valence-electron chi connectivity index (χ0n) is 11.4. The predicted octanol–water partition coefficient (Wildman–Crippen LogP) is 2.59. The van der Waals surface area contributed by atoms with Crippen molar-refractivity contribution in [1.82, 2.24) is 5.32 Å². The Kier molecular flexibility index (Phi) is 6.31. The lowest BCUT2D eigenvalue weighted by atomic mass is 10.0. The quantitative estimate of drug-likeness (QED) is 0.843. The predicted molar refractivity (Wildman–Crippen MR) is 78.5 cm³/mol. The van der Waals surface area contributed by atoms with Crippen LogP contribution < -0.4 is 10.1 Å². The molecule has 0 aliphatic heterocycles. The van der Waals surface area contributed by atoms with Gasteiger partial charge in [0, 0.05) is 17.1 Å². The average molecular weight is 330 g/mol. The normalized spacial score (nSPS) is 12.3. The van der Waals surface area contributed by atoms with Gasteiger partial charge in [-0.15, -0.1) is 0 Å². The van der Waals surface area contributed by atoms with Crippen LogP contribution in [0.3, 0.4) is 0 Å². The minimum atomic E-state index is -0.151. The van der Waals surface area contributed by atoms with Gasteiger partial charge in [0.05, 0.1) is 12.7 Å². The van der Waals surface area contributed by atoms with Crippen molar-refractivity contribution in [3.8, 4) is 5.75 Å². The Labute approximate surface area is 122 Å². The fraction of sp³-hybridized carbons (Fsp3) is 0.500. The summed E-state index contributed by atoms with van der Waals surface area (Å²) < 4.78 is 5.78. The van der Waals surface area contributed by atoms with E-state index in [1.807, 2.05) is 13.8 Å². The first-order valence-corrected chi connectivity index (χ1v) is 7.04. The second kappa shape index (κ2) is 7.50. The SMILES string of the molecule is COc1ccc(C(=O)NC(CCO)C(C)C)c(Br)c1. The molecule has 0 saturated carbocycles. The molecular weight excluding hydrogens is 310 g/mol. The molecule has 0 aliphatic carbocycles. The summed E-state index contributed by atoms with van der Waals surface area (Å²) in [6, 6.07) is 5.18. The molecule has 1 amide bonds. The van der Waals surface area contributed by atoms with Gasteiger partial charge in [-0.1, -0.05) is 13.8 Å². The summed E-state index contributed by atoms with van der Waals surface area (Å²) in [4.78, 5) is 12.2. The maximum absolute atomic E-state index is 12.2. The maximum atomic E-state index is 12.2. The van der Waals surface area contributed by atoms with Crippen molar-refractivity contribution in [1.29, 1.82) is 0 Å². The highest BCUT2D eigenvalue weighted by atomic mass is 79.9. The minimum Gasteiger partial charge on any atom is -0.497 e. The lowest BCUT2D eigenvalue weighted by Gasteiger charge is -2.21. The van der Waals surface area contributed by atoms with Gasteiger partial charge in [-0.05, 0) is 46.5 Å². The van der Waals surface area contributed by atoms with Gasteiger partial charge in [0.1, 0.15) is 5.75 Å². The Morgan fingerprint density at radius 2 is 2.16 bits per heavy atom. The lowest BCUT2D eigenvalue weighted by Crippen LogP contribution is -2.39. The molecule has 0 heterocycles. The number of methoxy groups -OCH3 is 1. The molecular formula is C14H20BrNO3. The van der Waals surface area contributed by atoms with Crippen LogP contribution in [0, 0.1) is 5.92 Å². The zero-order valence-corrected chi connectivity index (χ0v) is 13.0. The van der Waals surface area contributed by atoms with E-state index in [9.17, 15) is 4.79 Å². The summed E-state index contributed by atoms with van der Waals surface area (Å²) >= 11 is 3.36. The third kappa shape index (κ3) is 4.51. The minimum absolute atomic E-state index is 0.0356. The van der Waals surface area contributed by atoms with Crippen LogP contribution >= 0.6 is 15.9 Å². The number of carbonyl (C=O) groups is 1. The van der Waals surface area contributed by atoms with Gasteiger partial charge in [0.15, 0.2) is 0 Å². The zero-order chi connectivity index (χ0) is 14.4. The molecule has 1 rings (SSSR count). The molecule has 0 aliphatic rings. The highest BCUT2D eigenvalue weighted by Gasteiger charge is 2.18. The molecule has 0 aromatic heterocycles. The monoisotopic (exact) mass is 329 g/mol. The van der Waals surface area contributed by atoms with Crippen molar-refractivity contribution in [2.75, 3.05) is 13.7 Å². The molecule has 0 saturated heterocycles. The molecule has 0 fully saturated rings. The lowest BCUT2D eigenvalue weighted by molar-refractivity contribution is 0.0916. The number of nitrogens with one attached hydrogen (secondary N) is 1. The summed E-state index contributed by atoms with van der Waals surface area (Å²) in [6.45, 7) is 4.10. The molecule has 1 atom stereocenters. The Balaban J connectivity index is 2.82. The number of hydrogen-bond acceptors (Lipinski definition) is 3. The summed E-state index contributed by atoms with van der Waals surface area (Å²) in [5.74, 6) is 0.814. The Morgan fingerprint density at radius 3 is 2.63 bits per heavy atom. The van der Waals surface area contributed by atoms with Gasteiger partial charge in [-0.25, -0.2) is 0 Å². The topological polar surface area (TPSA) is 58.6 Å². The van der Waals surface area contributed by atoms with E-state index in [4.69, 9.17) is 9.84 Å². The van der Waals surface area contributed by atoms with E-state index in [1.165, 1.54) is 0 Å². The first-order chi connectivity index (χ1) is 8.99. The highest BCUT2D eigenvalue weighted by molar-refractivity contribution is 9.10. The molecule has 19 heavy (non-hydrogen) atoms. The largest absolute Gasteiger partial charge is 0.497 e. The van der Waals surface area contributed by atoms with E-state index in [2.05, 4.69) is 21.2 Å². The van der Waals surface area contributed by atoms with Crippen molar-refractivity contribution < 1.29 is 14.6 Å². The molecule has 5 heteroatoms. The fourth-order valence-corrected chi connectivity index (χ4v) is 2.30. The van der Waals surface area contributed by atoms with Crippen molar-refractivity contribution >= 4 is 21.8 Å². The summed E-state index contributed by atoms with van der Waals surface area (Å²) in [5.41, 5.74) is 0.560. The molecule has 1 unspecified atom stereocenters. The third-order valence-corrected chi connectivity index (χ3v) is 3.64. The first-order valence-electron chi connectivity index (χ1n) is 6.24. The summed E-state index contributed by atoms with van der Waals surface area (Å²) in [7, 11) is 1.58. The maximum Gasteiger partial charge on any atom is 0.252 e. The van der Waals surface area contributed by atoms with E-state index >= 15 is 0 Å². The number of aliphatic hydroxyl groups excluding tert-OH is 1. The van der Waals surface area contributed by atoms with Crippen LogP contribution in [-0.2, 0) is 0 Å².